The number of pyridine rings is 1. The van der Waals surface area contributed by atoms with Crippen LogP contribution in [0.5, 0.6) is 0 Å². The Bertz CT molecular complexity index is 861. The Labute approximate surface area is 172 Å². The van der Waals surface area contributed by atoms with Crippen LogP contribution in [0.1, 0.15) is 19.8 Å². The van der Waals surface area contributed by atoms with Gasteiger partial charge < -0.3 is 10.1 Å². The summed E-state index contributed by atoms with van der Waals surface area (Å²) < 4.78 is 50.5. The third-order valence-corrected chi connectivity index (χ3v) is 5.75. The molecule has 1 unspecified atom stereocenters. The quantitative estimate of drug-likeness (QED) is 0.347. The SMILES string of the molecule is CCN(C(=S)CCS(=O)CCC(F)(F)F)c1cn(-c2ccc[n+]([O-])c2)nc1Cl. The van der Waals surface area contributed by atoms with Gasteiger partial charge >= 0.3 is 6.18 Å². The second-order valence-electron chi connectivity index (χ2n) is 5.77. The molecule has 0 aliphatic rings. The van der Waals surface area contributed by atoms with E-state index in [9.17, 15) is 22.6 Å². The van der Waals surface area contributed by atoms with E-state index in [1.807, 2.05) is 6.92 Å². The Hall–Kier alpha value is -1.72. The predicted molar refractivity (Wildman–Crippen MR) is 106 cm³/mol. The number of alkyl halides is 3. The lowest BCUT2D eigenvalue weighted by Crippen LogP contribution is -2.30. The van der Waals surface area contributed by atoms with Crippen LogP contribution >= 0.6 is 23.8 Å². The molecule has 0 aliphatic carbocycles. The number of anilines is 1. The minimum Gasteiger partial charge on any atom is -0.619 e. The molecule has 28 heavy (non-hydrogen) atoms. The third-order valence-electron chi connectivity index (χ3n) is 3.74. The molecule has 2 heterocycles. The Balaban J connectivity index is 2.06. The molecule has 1 atom stereocenters. The Morgan fingerprint density at radius 2 is 2.18 bits per heavy atom. The first kappa shape index (κ1) is 22.6. The van der Waals surface area contributed by atoms with Crippen molar-refractivity contribution in [1.82, 2.24) is 9.78 Å². The van der Waals surface area contributed by atoms with Gasteiger partial charge in [0.25, 0.3) is 0 Å². The first-order valence-corrected chi connectivity index (χ1v) is 10.5. The topological polar surface area (TPSA) is 65.1 Å². The Kier molecular flexibility index (Phi) is 7.79. The van der Waals surface area contributed by atoms with E-state index >= 15 is 0 Å². The summed E-state index contributed by atoms with van der Waals surface area (Å²) in [6.45, 7) is 2.27. The third kappa shape index (κ3) is 6.42. The molecule has 0 radical (unpaired) electrons. The van der Waals surface area contributed by atoms with Crippen molar-refractivity contribution in [3.8, 4) is 5.69 Å². The lowest BCUT2D eigenvalue weighted by Gasteiger charge is -2.22. The van der Waals surface area contributed by atoms with Crippen molar-refractivity contribution in [2.75, 3.05) is 23.0 Å². The normalized spacial score (nSPS) is 12.8. The second-order valence-corrected chi connectivity index (χ2v) is 8.30. The zero-order chi connectivity index (χ0) is 20.9. The van der Waals surface area contributed by atoms with Crippen LogP contribution < -0.4 is 9.63 Å². The highest BCUT2D eigenvalue weighted by molar-refractivity contribution is 7.85. The Morgan fingerprint density at radius 1 is 1.46 bits per heavy atom. The summed E-state index contributed by atoms with van der Waals surface area (Å²) in [6, 6.07) is 3.25. The van der Waals surface area contributed by atoms with Crippen molar-refractivity contribution in [1.29, 1.82) is 0 Å². The smallest absolute Gasteiger partial charge is 0.390 e. The molecule has 0 N–H and O–H groups in total. The highest BCUT2D eigenvalue weighted by Gasteiger charge is 2.27. The predicted octanol–water partition coefficient (Wildman–Crippen LogP) is 3.40. The molecule has 0 aliphatic heterocycles. The summed E-state index contributed by atoms with van der Waals surface area (Å²) in [4.78, 5) is 2.08. The van der Waals surface area contributed by atoms with Gasteiger partial charge in [0.1, 0.15) is 5.69 Å². The number of thiocarbonyl (C=S) groups is 1. The van der Waals surface area contributed by atoms with Crippen molar-refractivity contribution in [2.24, 2.45) is 0 Å². The molecule has 12 heteroatoms. The molecular weight excluding hydrogens is 437 g/mol. The molecule has 2 aromatic rings. The fourth-order valence-corrected chi connectivity index (χ4v) is 4.16. The maximum Gasteiger partial charge on any atom is 0.390 e. The van der Waals surface area contributed by atoms with Gasteiger partial charge in [-0.3, -0.25) is 4.21 Å². The lowest BCUT2D eigenvalue weighted by atomic mass is 10.3. The minimum absolute atomic E-state index is 0.0338. The molecule has 0 saturated heterocycles. The van der Waals surface area contributed by atoms with Gasteiger partial charge in [0.15, 0.2) is 11.3 Å². The summed E-state index contributed by atoms with van der Waals surface area (Å²) >= 11 is 11.6. The van der Waals surface area contributed by atoms with Crippen LogP contribution in [-0.4, -0.2) is 43.2 Å². The molecule has 0 spiro atoms. The van der Waals surface area contributed by atoms with Crippen molar-refractivity contribution in [3.05, 3.63) is 41.1 Å². The maximum absolute atomic E-state index is 12.2. The molecular formula is C16H18ClF3N4O2S2. The average molecular weight is 455 g/mol. The Morgan fingerprint density at radius 3 is 2.79 bits per heavy atom. The highest BCUT2D eigenvalue weighted by atomic mass is 35.5. The monoisotopic (exact) mass is 454 g/mol. The first-order chi connectivity index (χ1) is 13.1. The summed E-state index contributed by atoms with van der Waals surface area (Å²) in [6.07, 6.45) is -0.963. The number of hydrogen-bond acceptors (Lipinski definition) is 4. The second kappa shape index (κ2) is 9.66. The van der Waals surface area contributed by atoms with Crippen LogP contribution in [0.4, 0.5) is 18.9 Å². The molecule has 154 valence electrons. The van der Waals surface area contributed by atoms with E-state index in [0.717, 1.165) is 0 Å². The minimum atomic E-state index is -4.33. The number of hydrogen-bond donors (Lipinski definition) is 0. The number of aromatic nitrogens is 3. The molecule has 0 saturated carbocycles. The van der Waals surface area contributed by atoms with E-state index in [4.69, 9.17) is 23.8 Å². The van der Waals surface area contributed by atoms with Crippen molar-refractivity contribution >= 4 is 45.3 Å². The molecule has 0 amide bonds. The van der Waals surface area contributed by atoms with E-state index in [2.05, 4.69) is 5.10 Å². The van der Waals surface area contributed by atoms with E-state index in [1.54, 1.807) is 23.2 Å². The molecule has 2 aromatic heterocycles. The summed E-state index contributed by atoms with van der Waals surface area (Å²) in [7, 11) is -1.62. The van der Waals surface area contributed by atoms with Gasteiger partial charge in [-0.2, -0.15) is 23.0 Å². The van der Waals surface area contributed by atoms with Crippen LogP contribution in [0.25, 0.3) is 5.69 Å². The van der Waals surface area contributed by atoms with Gasteiger partial charge in [0.2, 0.25) is 6.20 Å². The van der Waals surface area contributed by atoms with Crippen LogP contribution in [0.3, 0.4) is 0 Å². The highest BCUT2D eigenvalue weighted by Crippen LogP contribution is 2.27. The van der Waals surface area contributed by atoms with E-state index in [-0.39, 0.29) is 17.3 Å². The summed E-state index contributed by atoms with van der Waals surface area (Å²) in [5.74, 6) is -0.411. The summed E-state index contributed by atoms with van der Waals surface area (Å²) in [5.41, 5.74) is 0.998. The number of nitrogens with zero attached hydrogens (tertiary/aromatic N) is 4. The van der Waals surface area contributed by atoms with Gasteiger partial charge in [-0.1, -0.05) is 23.8 Å². The van der Waals surface area contributed by atoms with Gasteiger partial charge in [-0.15, -0.1) is 0 Å². The number of halogens is 4. The standard InChI is InChI=1S/C16H18ClF3N4O2S2/c1-2-23(14(27)5-8-28(26)9-6-16(18,19)20)13-11-24(21-15(13)17)12-4-3-7-22(25)10-12/h3-4,7,10-11H,2,5-6,8-9H2,1H3. The first-order valence-electron chi connectivity index (χ1n) is 8.27. The molecule has 6 nitrogen and oxygen atoms in total. The van der Waals surface area contributed by atoms with Gasteiger partial charge in [0.05, 0.1) is 23.3 Å². The van der Waals surface area contributed by atoms with E-state index in [1.165, 1.54) is 17.1 Å². The number of rotatable bonds is 8. The summed E-state index contributed by atoms with van der Waals surface area (Å²) in [5, 5.41) is 15.8. The average Bonchev–Trinajstić information content (AvgIpc) is 3.00. The van der Waals surface area contributed by atoms with Gasteiger partial charge in [-0.25, -0.2) is 4.68 Å². The molecule has 0 bridgehead atoms. The molecule has 0 fully saturated rings. The van der Waals surface area contributed by atoms with E-state index in [0.29, 0.717) is 27.6 Å². The van der Waals surface area contributed by atoms with Gasteiger partial charge in [0, 0.05) is 41.3 Å². The fourth-order valence-electron chi connectivity index (χ4n) is 2.38. The van der Waals surface area contributed by atoms with Crippen LogP contribution in [0.15, 0.2) is 30.7 Å². The van der Waals surface area contributed by atoms with Gasteiger partial charge in [-0.05, 0) is 13.0 Å². The largest absolute Gasteiger partial charge is 0.619 e. The van der Waals surface area contributed by atoms with E-state index < -0.39 is 29.1 Å². The van der Waals surface area contributed by atoms with Crippen LogP contribution in [0, 0.1) is 5.21 Å². The molecule has 2 rings (SSSR count). The van der Waals surface area contributed by atoms with Crippen LogP contribution in [0.2, 0.25) is 5.15 Å². The zero-order valence-electron chi connectivity index (χ0n) is 14.9. The van der Waals surface area contributed by atoms with Crippen molar-refractivity contribution < 1.29 is 22.1 Å². The zero-order valence-corrected chi connectivity index (χ0v) is 17.2. The fraction of sp³-hybridized carbons (Fsp3) is 0.438. The van der Waals surface area contributed by atoms with Crippen LogP contribution in [-0.2, 0) is 10.8 Å². The maximum atomic E-state index is 12.2. The molecule has 0 aromatic carbocycles. The van der Waals surface area contributed by atoms with Crippen molar-refractivity contribution in [2.45, 2.75) is 25.9 Å². The van der Waals surface area contributed by atoms with Crippen molar-refractivity contribution in [3.63, 3.8) is 0 Å². The lowest BCUT2D eigenvalue weighted by molar-refractivity contribution is -0.605.